The second-order valence-electron chi connectivity index (χ2n) is 5.63. The molecule has 0 aliphatic carbocycles. The summed E-state index contributed by atoms with van der Waals surface area (Å²) in [4.78, 5) is 12.2. The van der Waals surface area contributed by atoms with Gasteiger partial charge in [-0.1, -0.05) is 6.92 Å². The summed E-state index contributed by atoms with van der Waals surface area (Å²) in [6, 6.07) is 10.7. The van der Waals surface area contributed by atoms with E-state index in [1.165, 1.54) is 0 Å². The lowest BCUT2D eigenvalue weighted by molar-refractivity contribution is -0.118. The van der Waals surface area contributed by atoms with Crippen molar-refractivity contribution in [1.29, 1.82) is 0 Å². The molecule has 0 saturated carbocycles. The maximum atomic E-state index is 12.2. The molecule has 1 heterocycles. The predicted octanol–water partition coefficient (Wildman–Crippen LogP) is 4.03. The first-order valence-electron chi connectivity index (χ1n) is 8.40. The molecule has 0 spiro atoms. The van der Waals surface area contributed by atoms with E-state index in [-0.39, 0.29) is 12.5 Å². The molecule has 0 saturated heterocycles. The van der Waals surface area contributed by atoms with Gasteiger partial charge in [0.15, 0.2) is 18.1 Å². The molecule has 1 aliphatic rings. The normalized spacial score (nSPS) is 12.4. The third-order valence-electron chi connectivity index (χ3n) is 3.57. The summed E-state index contributed by atoms with van der Waals surface area (Å²) in [5, 5.41) is 2.80. The summed E-state index contributed by atoms with van der Waals surface area (Å²) >= 11 is 3.42. The van der Waals surface area contributed by atoms with Crippen LogP contribution in [0.2, 0.25) is 0 Å². The Labute approximate surface area is 160 Å². The fourth-order valence-corrected chi connectivity index (χ4v) is 2.77. The lowest BCUT2D eigenvalue weighted by Crippen LogP contribution is -2.21. The van der Waals surface area contributed by atoms with E-state index in [0.29, 0.717) is 47.2 Å². The van der Waals surface area contributed by atoms with Crippen molar-refractivity contribution in [3.8, 4) is 23.0 Å². The smallest absolute Gasteiger partial charge is 0.262 e. The monoisotopic (exact) mass is 421 g/mol. The summed E-state index contributed by atoms with van der Waals surface area (Å²) < 4.78 is 22.8. The number of halogens is 1. The minimum absolute atomic E-state index is 0.101. The van der Waals surface area contributed by atoms with Gasteiger partial charge in [0.05, 0.1) is 12.3 Å². The Morgan fingerprint density at radius 3 is 2.35 bits per heavy atom. The number of benzene rings is 2. The third kappa shape index (κ3) is 4.82. The first kappa shape index (κ1) is 18.4. The summed E-state index contributed by atoms with van der Waals surface area (Å²) in [5.74, 6) is 2.38. The van der Waals surface area contributed by atoms with Crippen LogP contribution in [0.15, 0.2) is 40.9 Å². The molecule has 0 bridgehead atoms. The summed E-state index contributed by atoms with van der Waals surface area (Å²) in [7, 11) is 0. The number of carbonyl (C=O) groups is 1. The summed E-state index contributed by atoms with van der Waals surface area (Å²) in [5.41, 5.74) is 0.603. The molecule has 0 aromatic heterocycles. The quantitative estimate of drug-likeness (QED) is 0.730. The number of amides is 1. The highest BCUT2D eigenvalue weighted by Gasteiger charge is 2.16. The van der Waals surface area contributed by atoms with Crippen LogP contribution in [0.1, 0.15) is 13.3 Å². The molecule has 1 amide bonds. The zero-order valence-corrected chi connectivity index (χ0v) is 16.0. The van der Waals surface area contributed by atoms with Crippen LogP contribution in [-0.4, -0.2) is 32.3 Å². The molecular weight excluding hydrogens is 402 g/mol. The molecule has 0 fully saturated rings. The molecule has 3 rings (SSSR count). The maximum absolute atomic E-state index is 12.2. The molecule has 0 atom stereocenters. The number of carbonyl (C=O) groups excluding carboxylic acids is 1. The molecule has 0 unspecified atom stereocenters. The lowest BCUT2D eigenvalue weighted by Gasteiger charge is -2.20. The van der Waals surface area contributed by atoms with Gasteiger partial charge in [0.25, 0.3) is 5.91 Å². The van der Waals surface area contributed by atoms with Crippen LogP contribution in [0, 0.1) is 0 Å². The SMILES string of the molecule is CCCOc1ccc(OCC(=O)Nc2cc3c(cc2Br)OCCO3)cc1. The van der Waals surface area contributed by atoms with Crippen LogP contribution >= 0.6 is 15.9 Å². The number of nitrogens with one attached hydrogen (secondary N) is 1. The van der Waals surface area contributed by atoms with Gasteiger partial charge in [0.2, 0.25) is 0 Å². The first-order chi connectivity index (χ1) is 12.7. The second-order valence-corrected chi connectivity index (χ2v) is 6.49. The van der Waals surface area contributed by atoms with Crippen molar-refractivity contribution >= 4 is 27.5 Å². The van der Waals surface area contributed by atoms with Gasteiger partial charge in [-0.3, -0.25) is 4.79 Å². The summed E-state index contributed by atoms with van der Waals surface area (Å²) in [6.45, 7) is 3.63. The van der Waals surface area contributed by atoms with Crippen LogP contribution in [0.5, 0.6) is 23.0 Å². The Hall–Kier alpha value is -2.41. The van der Waals surface area contributed by atoms with Crippen molar-refractivity contribution in [2.45, 2.75) is 13.3 Å². The predicted molar refractivity (Wildman–Crippen MR) is 101 cm³/mol. The average molecular weight is 422 g/mol. The fraction of sp³-hybridized carbons (Fsp3) is 0.316. The van der Waals surface area contributed by atoms with Crippen molar-refractivity contribution in [3.05, 3.63) is 40.9 Å². The molecule has 2 aromatic rings. The zero-order chi connectivity index (χ0) is 18.4. The van der Waals surface area contributed by atoms with Crippen molar-refractivity contribution in [1.82, 2.24) is 0 Å². The van der Waals surface area contributed by atoms with Gasteiger partial charge < -0.3 is 24.3 Å². The Morgan fingerprint density at radius 2 is 1.69 bits per heavy atom. The van der Waals surface area contributed by atoms with Gasteiger partial charge in [-0.15, -0.1) is 0 Å². The Bertz CT molecular complexity index is 763. The number of ether oxygens (including phenoxy) is 4. The second kappa shape index (κ2) is 8.80. The van der Waals surface area contributed by atoms with Crippen LogP contribution in [0.4, 0.5) is 5.69 Å². The summed E-state index contributed by atoms with van der Waals surface area (Å²) in [6.07, 6.45) is 0.952. The van der Waals surface area contributed by atoms with Gasteiger partial charge in [-0.05, 0) is 46.6 Å². The van der Waals surface area contributed by atoms with Crippen LogP contribution < -0.4 is 24.3 Å². The van der Waals surface area contributed by atoms with Gasteiger partial charge in [0, 0.05) is 16.6 Å². The zero-order valence-electron chi connectivity index (χ0n) is 14.4. The number of rotatable bonds is 7. The Kier molecular flexibility index (Phi) is 6.22. The standard InChI is InChI=1S/C19H20BrNO5/c1-2-7-23-13-3-5-14(6-4-13)26-12-19(22)21-16-11-18-17(10-15(16)20)24-8-9-25-18/h3-6,10-11H,2,7-9,12H2,1H3,(H,21,22). The molecule has 7 heteroatoms. The molecule has 6 nitrogen and oxygen atoms in total. The van der Waals surface area contributed by atoms with E-state index in [1.54, 1.807) is 24.3 Å². The van der Waals surface area contributed by atoms with Crippen LogP contribution in [0.3, 0.4) is 0 Å². The maximum Gasteiger partial charge on any atom is 0.262 e. The topological polar surface area (TPSA) is 66.0 Å². The number of fused-ring (bicyclic) bond motifs is 1. The largest absolute Gasteiger partial charge is 0.494 e. The van der Waals surface area contributed by atoms with Crippen LogP contribution in [-0.2, 0) is 4.79 Å². The molecule has 0 radical (unpaired) electrons. The van der Waals surface area contributed by atoms with E-state index in [1.807, 2.05) is 12.1 Å². The highest BCUT2D eigenvalue weighted by atomic mass is 79.9. The van der Waals surface area contributed by atoms with Crippen molar-refractivity contribution in [2.75, 3.05) is 31.7 Å². The molecular formula is C19H20BrNO5. The Morgan fingerprint density at radius 1 is 1.08 bits per heavy atom. The third-order valence-corrected chi connectivity index (χ3v) is 4.23. The van der Waals surface area contributed by atoms with Crippen molar-refractivity contribution < 1.29 is 23.7 Å². The number of hydrogen-bond acceptors (Lipinski definition) is 5. The fourth-order valence-electron chi connectivity index (χ4n) is 2.35. The molecule has 26 heavy (non-hydrogen) atoms. The van der Waals surface area contributed by atoms with E-state index in [9.17, 15) is 4.79 Å². The number of anilines is 1. The molecule has 138 valence electrons. The Balaban J connectivity index is 1.54. The molecule has 1 aliphatic heterocycles. The highest BCUT2D eigenvalue weighted by Crippen LogP contribution is 2.38. The molecule has 1 N–H and O–H groups in total. The van der Waals surface area contributed by atoms with E-state index < -0.39 is 0 Å². The van der Waals surface area contributed by atoms with Gasteiger partial charge >= 0.3 is 0 Å². The van der Waals surface area contributed by atoms with Gasteiger partial charge in [0.1, 0.15) is 24.7 Å². The lowest BCUT2D eigenvalue weighted by atomic mass is 10.2. The van der Waals surface area contributed by atoms with E-state index in [0.717, 1.165) is 12.2 Å². The molecule has 2 aromatic carbocycles. The van der Waals surface area contributed by atoms with E-state index >= 15 is 0 Å². The van der Waals surface area contributed by atoms with E-state index in [4.69, 9.17) is 18.9 Å². The average Bonchev–Trinajstić information content (AvgIpc) is 2.66. The van der Waals surface area contributed by atoms with Crippen molar-refractivity contribution in [3.63, 3.8) is 0 Å². The number of hydrogen-bond donors (Lipinski definition) is 1. The van der Waals surface area contributed by atoms with Crippen LogP contribution in [0.25, 0.3) is 0 Å². The van der Waals surface area contributed by atoms with Crippen molar-refractivity contribution in [2.24, 2.45) is 0 Å². The van der Waals surface area contributed by atoms with E-state index in [2.05, 4.69) is 28.2 Å². The minimum atomic E-state index is -0.270. The van der Waals surface area contributed by atoms with Gasteiger partial charge in [-0.2, -0.15) is 0 Å². The minimum Gasteiger partial charge on any atom is -0.494 e. The highest BCUT2D eigenvalue weighted by molar-refractivity contribution is 9.10. The first-order valence-corrected chi connectivity index (χ1v) is 9.19. The van der Waals surface area contributed by atoms with Gasteiger partial charge in [-0.25, -0.2) is 0 Å².